The highest BCUT2D eigenvalue weighted by Gasteiger charge is 2.10. The lowest BCUT2D eigenvalue weighted by Gasteiger charge is -2.26. The maximum Gasteiger partial charge on any atom is 0.129 e. The van der Waals surface area contributed by atoms with Gasteiger partial charge < -0.3 is 4.90 Å². The van der Waals surface area contributed by atoms with Crippen LogP contribution in [0.1, 0.15) is 26.3 Å². The molecule has 1 heterocycles. The molecule has 0 saturated heterocycles. The van der Waals surface area contributed by atoms with Gasteiger partial charge in [-0.3, -0.25) is 0 Å². The van der Waals surface area contributed by atoms with E-state index in [1.165, 1.54) is 5.56 Å². The molecular weight excluding hydrogens is 240 g/mol. The lowest BCUT2D eigenvalue weighted by atomic mass is 10.2. The van der Waals surface area contributed by atoms with Crippen molar-refractivity contribution in [2.24, 2.45) is 0 Å². The van der Waals surface area contributed by atoms with Crippen LogP contribution >= 0.6 is 15.9 Å². The van der Waals surface area contributed by atoms with Gasteiger partial charge in [0.15, 0.2) is 0 Å². The SMILES string of the molecule is CCN(c1cc(C)c(Br)cn1)C(C)C. The Morgan fingerprint density at radius 3 is 2.57 bits per heavy atom. The number of hydrogen-bond donors (Lipinski definition) is 0. The van der Waals surface area contributed by atoms with Crippen LogP contribution < -0.4 is 4.90 Å². The van der Waals surface area contributed by atoms with Crippen LogP contribution in [0.25, 0.3) is 0 Å². The molecule has 0 saturated carbocycles. The van der Waals surface area contributed by atoms with Gasteiger partial charge in [-0.25, -0.2) is 4.98 Å². The van der Waals surface area contributed by atoms with Crippen molar-refractivity contribution in [3.63, 3.8) is 0 Å². The molecule has 0 amide bonds. The summed E-state index contributed by atoms with van der Waals surface area (Å²) in [5, 5.41) is 0. The van der Waals surface area contributed by atoms with E-state index in [9.17, 15) is 0 Å². The molecule has 0 aliphatic carbocycles. The van der Waals surface area contributed by atoms with E-state index in [0.29, 0.717) is 6.04 Å². The zero-order chi connectivity index (χ0) is 10.7. The van der Waals surface area contributed by atoms with Gasteiger partial charge in [0.25, 0.3) is 0 Å². The predicted octanol–water partition coefficient (Wildman–Crippen LogP) is 3.39. The van der Waals surface area contributed by atoms with Gasteiger partial charge in [-0.05, 0) is 55.3 Å². The third-order valence-corrected chi connectivity index (χ3v) is 3.12. The fourth-order valence-corrected chi connectivity index (χ4v) is 1.69. The van der Waals surface area contributed by atoms with Crippen LogP contribution in [0.2, 0.25) is 0 Å². The van der Waals surface area contributed by atoms with Crippen molar-refractivity contribution in [1.29, 1.82) is 0 Å². The first kappa shape index (κ1) is 11.5. The van der Waals surface area contributed by atoms with Gasteiger partial charge in [0.05, 0.1) is 0 Å². The lowest BCUT2D eigenvalue weighted by Crippen LogP contribution is -2.31. The summed E-state index contributed by atoms with van der Waals surface area (Å²) in [7, 11) is 0. The fraction of sp³-hybridized carbons (Fsp3) is 0.545. The molecule has 0 aromatic carbocycles. The van der Waals surface area contributed by atoms with E-state index in [0.717, 1.165) is 16.8 Å². The van der Waals surface area contributed by atoms with Crippen LogP contribution in [0.15, 0.2) is 16.7 Å². The third-order valence-electron chi connectivity index (χ3n) is 2.29. The average Bonchev–Trinajstić information content (AvgIpc) is 2.11. The van der Waals surface area contributed by atoms with Crippen molar-refractivity contribution in [1.82, 2.24) is 4.98 Å². The minimum Gasteiger partial charge on any atom is -0.354 e. The summed E-state index contributed by atoms with van der Waals surface area (Å²) in [6.07, 6.45) is 1.87. The number of anilines is 1. The summed E-state index contributed by atoms with van der Waals surface area (Å²) < 4.78 is 1.07. The van der Waals surface area contributed by atoms with Gasteiger partial charge in [-0.1, -0.05) is 0 Å². The molecular formula is C11H17BrN2. The molecule has 78 valence electrons. The Balaban J connectivity index is 3.00. The second-order valence-corrected chi connectivity index (χ2v) is 4.53. The second kappa shape index (κ2) is 4.78. The first-order chi connectivity index (χ1) is 6.56. The molecule has 1 rings (SSSR count). The molecule has 0 aliphatic heterocycles. The summed E-state index contributed by atoms with van der Waals surface area (Å²) in [5.41, 5.74) is 1.23. The van der Waals surface area contributed by atoms with Crippen molar-refractivity contribution < 1.29 is 0 Å². The Bertz CT molecular complexity index is 310. The van der Waals surface area contributed by atoms with Crippen LogP contribution in [0, 0.1) is 6.92 Å². The first-order valence-corrected chi connectivity index (χ1v) is 5.74. The summed E-state index contributed by atoms with van der Waals surface area (Å²) in [4.78, 5) is 6.69. The highest BCUT2D eigenvalue weighted by Crippen LogP contribution is 2.21. The average molecular weight is 257 g/mol. The summed E-state index contributed by atoms with van der Waals surface area (Å²) in [6.45, 7) is 9.60. The smallest absolute Gasteiger partial charge is 0.129 e. The lowest BCUT2D eigenvalue weighted by molar-refractivity contribution is 0.693. The van der Waals surface area contributed by atoms with Gasteiger partial charge in [0.1, 0.15) is 5.82 Å². The van der Waals surface area contributed by atoms with Crippen LogP contribution in [-0.4, -0.2) is 17.6 Å². The maximum absolute atomic E-state index is 4.41. The van der Waals surface area contributed by atoms with Gasteiger partial charge in [-0.15, -0.1) is 0 Å². The Morgan fingerprint density at radius 1 is 1.50 bits per heavy atom. The van der Waals surface area contributed by atoms with Crippen molar-refractivity contribution in [2.75, 3.05) is 11.4 Å². The van der Waals surface area contributed by atoms with E-state index < -0.39 is 0 Å². The molecule has 0 bridgehead atoms. The zero-order valence-corrected chi connectivity index (χ0v) is 10.8. The zero-order valence-electron chi connectivity index (χ0n) is 9.21. The van der Waals surface area contributed by atoms with E-state index in [1.807, 2.05) is 6.20 Å². The van der Waals surface area contributed by atoms with E-state index >= 15 is 0 Å². The monoisotopic (exact) mass is 256 g/mol. The Morgan fingerprint density at radius 2 is 2.14 bits per heavy atom. The quantitative estimate of drug-likeness (QED) is 0.825. The number of nitrogens with zero attached hydrogens (tertiary/aromatic N) is 2. The van der Waals surface area contributed by atoms with Crippen LogP contribution in [-0.2, 0) is 0 Å². The molecule has 0 fully saturated rings. The van der Waals surface area contributed by atoms with E-state index in [4.69, 9.17) is 0 Å². The second-order valence-electron chi connectivity index (χ2n) is 3.67. The topological polar surface area (TPSA) is 16.1 Å². The van der Waals surface area contributed by atoms with Crippen molar-refractivity contribution in [2.45, 2.75) is 33.7 Å². The van der Waals surface area contributed by atoms with Crippen molar-refractivity contribution >= 4 is 21.7 Å². The fourth-order valence-electron chi connectivity index (χ4n) is 1.47. The van der Waals surface area contributed by atoms with Crippen LogP contribution in [0.4, 0.5) is 5.82 Å². The van der Waals surface area contributed by atoms with Crippen LogP contribution in [0.3, 0.4) is 0 Å². The number of halogens is 1. The number of rotatable bonds is 3. The molecule has 1 aromatic rings. The molecule has 0 spiro atoms. The van der Waals surface area contributed by atoms with E-state index in [2.05, 4.69) is 59.6 Å². The third kappa shape index (κ3) is 2.47. The summed E-state index contributed by atoms with van der Waals surface area (Å²) in [5.74, 6) is 1.06. The van der Waals surface area contributed by atoms with E-state index in [-0.39, 0.29) is 0 Å². The molecule has 14 heavy (non-hydrogen) atoms. The number of hydrogen-bond acceptors (Lipinski definition) is 2. The predicted molar refractivity (Wildman–Crippen MR) is 64.8 cm³/mol. The van der Waals surface area contributed by atoms with Crippen molar-refractivity contribution in [3.05, 3.63) is 22.3 Å². The minimum absolute atomic E-state index is 0.494. The molecule has 0 N–H and O–H groups in total. The van der Waals surface area contributed by atoms with Crippen LogP contribution in [0.5, 0.6) is 0 Å². The van der Waals surface area contributed by atoms with E-state index in [1.54, 1.807) is 0 Å². The first-order valence-electron chi connectivity index (χ1n) is 4.95. The van der Waals surface area contributed by atoms with Gasteiger partial charge in [0.2, 0.25) is 0 Å². The number of pyridine rings is 1. The normalized spacial score (nSPS) is 10.7. The largest absolute Gasteiger partial charge is 0.354 e. The minimum atomic E-state index is 0.494. The van der Waals surface area contributed by atoms with Gasteiger partial charge in [-0.2, -0.15) is 0 Å². The Hall–Kier alpha value is -0.570. The summed E-state index contributed by atoms with van der Waals surface area (Å²) >= 11 is 3.46. The summed E-state index contributed by atoms with van der Waals surface area (Å²) in [6, 6.07) is 2.61. The molecule has 0 unspecified atom stereocenters. The highest BCUT2D eigenvalue weighted by atomic mass is 79.9. The molecule has 0 atom stereocenters. The number of aryl methyl sites for hydroxylation is 1. The van der Waals surface area contributed by atoms with Crippen molar-refractivity contribution in [3.8, 4) is 0 Å². The van der Waals surface area contributed by atoms with Gasteiger partial charge in [0, 0.05) is 23.3 Å². The molecule has 0 aliphatic rings. The molecule has 2 nitrogen and oxygen atoms in total. The van der Waals surface area contributed by atoms with Gasteiger partial charge >= 0.3 is 0 Å². The molecule has 1 aromatic heterocycles. The molecule has 3 heteroatoms. The maximum atomic E-state index is 4.41. The molecule has 0 radical (unpaired) electrons. The Kier molecular flexibility index (Phi) is 3.93. The standard InChI is InChI=1S/C11H17BrN2/c1-5-14(8(2)3)11-6-9(4)10(12)7-13-11/h6-8H,5H2,1-4H3. The highest BCUT2D eigenvalue weighted by molar-refractivity contribution is 9.10. The number of aromatic nitrogens is 1. The Labute approximate surface area is 94.5 Å².